The maximum Gasteiger partial charge on any atom is 0.140 e. The molecule has 2 nitrogen and oxygen atoms in total. The lowest BCUT2D eigenvalue weighted by Crippen LogP contribution is -2.46. The molecule has 0 amide bonds. The number of ketones is 1. The van der Waals surface area contributed by atoms with E-state index >= 15 is 0 Å². The number of rotatable bonds is 1. The second-order valence-electron chi connectivity index (χ2n) is 4.76. The Morgan fingerprint density at radius 1 is 1.19 bits per heavy atom. The predicted molar refractivity (Wildman–Crippen MR) is 60.7 cm³/mol. The maximum atomic E-state index is 11.6. The van der Waals surface area contributed by atoms with Gasteiger partial charge in [0.1, 0.15) is 5.78 Å². The number of hydrogen-bond acceptors (Lipinski definition) is 2. The van der Waals surface area contributed by atoms with Crippen molar-refractivity contribution in [1.82, 2.24) is 0 Å². The lowest BCUT2D eigenvalue weighted by Gasteiger charge is -2.44. The number of benzene rings is 1. The fraction of sp³-hybridized carbons (Fsp3) is 0.357. The normalized spacial score (nSPS) is 36.7. The van der Waals surface area contributed by atoms with Gasteiger partial charge in [0, 0.05) is 18.3 Å². The highest BCUT2D eigenvalue weighted by Gasteiger charge is 2.48. The lowest BCUT2D eigenvalue weighted by atomic mass is 9.63. The Morgan fingerprint density at radius 3 is 2.50 bits per heavy atom. The highest BCUT2D eigenvalue weighted by molar-refractivity contribution is 5.85. The Morgan fingerprint density at radius 2 is 1.94 bits per heavy atom. The first-order chi connectivity index (χ1) is 7.70. The topological polar surface area (TPSA) is 37.3 Å². The van der Waals surface area contributed by atoms with E-state index in [-0.39, 0.29) is 17.6 Å². The van der Waals surface area contributed by atoms with Crippen molar-refractivity contribution in [3.63, 3.8) is 0 Å². The van der Waals surface area contributed by atoms with Crippen LogP contribution in [-0.2, 0) is 10.4 Å². The predicted octanol–water partition coefficient (Wildman–Crippen LogP) is 2.04. The molecule has 0 heterocycles. The number of allylic oxidation sites excluding steroid dienone is 1. The zero-order chi connectivity index (χ0) is 11.2. The molecule has 82 valence electrons. The quantitative estimate of drug-likeness (QED) is 0.726. The molecule has 1 saturated carbocycles. The first-order valence-electron chi connectivity index (χ1n) is 5.69. The third kappa shape index (κ3) is 1.26. The van der Waals surface area contributed by atoms with Crippen LogP contribution in [0.2, 0.25) is 0 Å². The summed E-state index contributed by atoms with van der Waals surface area (Å²) in [4.78, 5) is 11.6. The lowest BCUT2D eigenvalue weighted by molar-refractivity contribution is -0.136. The van der Waals surface area contributed by atoms with Gasteiger partial charge in [-0.1, -0.05) is 42.5 Å². The molecular formula is C14H14O2. The Hall–Kier alpha value is -1.41. The van der Waals surface area contributed by atoms with Crippen LogP contribution in [0.25, 0.3) is 0 Å². The molecule has 2 heteroatoms. The highest BCUT2D eigenvalue weighted by atomic mass is 16.3. The van der Waals surface area contributed by atoms with E-state index in [0.717, 1.165) is 5.56 Å². The summed E-state index contributed by atoms with van der Waals surface area (Å²) in [6.45, 7) is 0. The minimum absolute atomic E-state index is 0.0487. The zero-order valence-electron chi connectivity index (χ0n) is 8.97. The van der Waals surface area contributed by atoms with Crippen molar-refractivity contribution >= 4 is 5.78 Å². The van der Waals surface area contributed by atoms with Crippen molar-refractivity contribution < 1.29 is 9.90 Å². The van der Waals surface area contributed by atoms with Crippen LogP contribution >= 0.6 is 0 Å². The number of Topliss-reactive ketones (excluding diaryl/α,β-unsaturated/α-hetero) is 1. The van der Waals surface area contributed by atoms with Gasteiger partial charge >= 0.3 is 0 Å². The Labute approximate surface area is 94.6 Å². The zero-order valence-corrected chi connectivity index (χ0v) is 8.97. The van der Waals surface area contributed by atoms with E-state index in [1.165, 1.54) is 0 Å². The van der Waals surface area contributed by atoms with Gasteiger partial charge in [0.15, 0.2) is 0 Å². The van der Waals surface area contributed by atoms with Crippen molar-refractivity contribution in [3.8, 4) is 0 Å². The van der Waals surface area contributed by atoms with Crippen molar-refractivity contribution in [3.05, 3.63) is 48.0 Å². The minimum atomic E-state index is -0.839. The molecule has 1 aromatic carbocycles. The molecule has 2 bridgehead atoms. The summed E-state index contributed by atoms with van der Waals surface area (Å²) in [5.74, 6) is 0.135. The molecular weight excluding hydrogens is 200 g/mol. The summed E-state index contributed by atoms with van der Waals surface area (Å²) in [6, 6.07) is 9.69. The smallest absolute Gasteiger partial charge is 0.140 e. The van der Waals surface area contributed by atoms with E-state index in [1.807, 2.05) is 42.5 Å². The van der Waals surface area contributed by atoms with Crippen LogP contribution in [0, 0.1) is 11.8 Å². The monoisotopic (exact) mass is 214 g/mol. The third-order valence-corrected chi connectivity index (χ3v) is 3.83. The second-order valence-corrected chi connectivity index (χ2v) is 4.76. The molecule has 0 radical (unpaired) electrons. The van der Waals surface area contributed by atoms with Crippen LogP contribution < -0.4 is 0 Å². The molecule has 4 rings (SSSR count). The van der Waals surface area contributed by atoms with Crippen LogP contribution in [-0.4, -0.2) is 10.9 Å². The molecule has 0 saturated heterocycles. The number of fused-ring (bicyclic) bond motifs is 2. The third-order valence-electron chi connectivity index (χ3n) is 3.83. The summed E-state index contributed by atoms with van der Waals surface area (Å²) in [6.07, 6.45) is 4.97. The average Bonchev–Trinajstić information content (AvgIpc) is 2.32. The average molecular weight is 214 g/mol. The summed E-state index contributed by atoms with van der Waals surface area (Å²) < 4.78 is 0. The molecule has 16 heavy (non-hydrogen) atoms. The van der Waals surface area contributed by atoms with Gasteiger partial charge in [0.05, 0.1) is 5.60 Å². The van der Waals surface area contributed by atoms with Crippen LogP contribution in [0.15, 0.2) is 42.5 Å². The number of aliphatic hydroxyl groups is 1. The summed E-state index contributed by atoms with van der Waals surface area (Å²) >= 11 is 0. The number of hydrogen-bond donors (Lipinski definition) is 1. The standard InChI is InChI=1S/C14H14O2/c15-13-8-12-7-6-10(13)9-14(12,16)11-4-2-1-3-5-11/h1-7,10,12,16H,8-9H2/t10-,12-,14+/m0/s1. The summed E-state index contributed by atoms with van der Waals surface area (Å²) in [5.41, 5.74) is 0.0936. The summed E-state index contributed by atoms with van der Waals surface area (Å²) in [5, 5.41) is 10.7. The summed E-state index contributed by atoms with van der Waals surface area (Å²) in [7, 11) is 0. The number of carbonyl (C=O) groups is 1. The van der Waals surface area contributed by atoms with Gasteiger partial charge in [-0.05, 0) is 12.0 Å². The Kier molecular flexibility index (Phi) is 2.01. The van der Waals surface area contributed by atoms with Gasteiger partial charge in [-0.25, -0.2) is 0 Å². The highest BCUT2D eigenvalue weighted by Crippen LogP contribution is 2.47. The van der Waals surface area contributed by atoms with Crippen LogP contribution in [0.3, 0.4) is 0 Å². The molecule has 1 fully saturated rings. The van der Waals surface area contributed by atoms with E-state index in [9.17, 15) is 9.90 Å². The SMILES string of the molecule is O=C1C[C@@H]2C=C[C@H]1C[C@@]2(O)c1ccccc1. The van der Waals surface area contributed by atoms with Crippen molar-refractivity contribution in [2.75, 3.05) is 0 Å². The molecule has 3 atom stereocenters. The molecule has 3 aliphatic rings. The van der Waals surface area contributed by atoms with Gasteiger partial charge in [0.2, 0.25) is 0 Å². The first-order valence-corrected chi connectivity index (χ1v) is 5.69. The molecule has 0 aromatic heterocycles. The van der Waals surface area contributed by atoms with Crippen LogP contribution in [0.1, 0.15) is 18.4 Å². The molecule has 0 aliphatic heterocycles. The number of carbonyl (C=O) groups excluding carboxylic acids is 1. The Bertz CT molecular complexity index is 449. The van der Waals surface area contributed by atoms with Gasteiger partial charge in [-0.2, -0.15) is 0 Å². The van der Waals surface area contributed by atoms with E-state index in [1.54, 1.807) is 0 Å². The molecule has 0 unspecified atom stereocenters. The maximum absolute atomic E-state index is 11.6. The van der Waals surface area contributed by atoms with E-state index < -0.39 is 5.60 Å². The van der Waals surface area contributed by atoms with Crippen molar-refractivity contribution in [1.29, 1.82) is 0 Å². The van der Waals surface area contributed by atoms with Gasteiger partial charge in [-0.3, -0.25) is 4.79 Å². The second kappa shape index (κ2) is 3.29. The molecule has 0 spiro atoms. The molecule has 3 aliphatic carbocycles. The van der Waals surface area contributed by atoms with Gasteiger partial charge in [0.25, 0.3) is 0 Å². The van der Waals surface area contributed by atoms with Gasteiger partial charge < -0.3 is 5.11 Å². The van der Waals surface area contributed by atoms with Gasteiger partial charge in [-0.15, -0.1) is 0 Å². The largest absolute Gasteiger partial charge is 0.384 e. The van der Waals surface area contributed by atoms with E-state index in [4.69, 9.17) is 0 Å². The van der Waals surface area contributed by atoms with Crippen molar-refractivity contribution in [2.45, 2.75) is 18.4 Å². The first kappa shape index (κ1) is 9.79. The molecule has 1 N–H and O–H groups in total. The fourth-order valence-electron chi connectivity index (χ4n) is 2.87. The van der Waals surface area contributed by atoms with E-state index in [0.29, 0.717) is 12.8 Å². The van der Waals surface area contributed by atoms with E-state index in [2.05, 4.69) is 0 Å². The molecule has 1 aromatic rings. The fourth-order valence-corrected chi connectivity index (χ4v) is 2.87. The Balaban J connectivity index is 2.03. The minimum Gasteiger partial charge on any atom is -0.384 e. The van der Waals surface area contributed by atoms with Crippen LogP contribution in [0.5, 0.6) is 0 Å². The van der Waals surface area contributed by atoms with Crippen molar-refractivity contribution in [2.24, 2.45) is 11.8 Å². The van der Waals surface area contributed by atoms with Crippen LogP contribution in [0.4, 0.5) is 0 Å².